The largest absolute Gasteiger partial charge is 0.490 e. The fourth-order valence-corrected chi connectivity index (χ4v) is 3.66. The number of hydrogen-bond donors (Lipinski definition) is 0. The van der Waals surface area contributed by atoms with E-state index < -0.39 is 12.5 Å². The van der Waals surface area contributed by atoms with Crippen molar-refractivity contribution in [3.05, 3.63) is 64.1 Å². The Kier molecular flexibility index (Phi) is 6.53. The number of imide groups is 1. The molecule has 0 bridgehead atoms. The van der Waals surface area contributed by atoms with Gasteiger partial charge in [-0.3, -0.25) is 14.5 Å². The average molecular weight is 419 g/mol. The van der Waals surface area contributed by atoms with E-state index in [2.05, 4.69) is 4.74 Å². The van der Waals surface area contributed by atoms with Crippen LogP contribution < -0.4 is 9.47 Å². The number of hydrogen-bond acceptors (Lipinski definition) is 5. The van der Waals surface area contributed by atoms with Crippen molar-refractivity contribution >= 4 is 29.0 Å². The zero-order valence-corrected chi connectivity index (χ0v) is 16.7. The molecule has 0 atom stereocenters. The molecular weight excluding hydrogens is 400 g/mol. The number of ether oxygens (including phenoxy) is 2. The zero-order valence-electron chi connectivity index (χ0n) is 15.9. The number of amides is 2. The van der Waals surface area contributed by atoms with Gasteiger partial charge in [-0.25, -0.2) is 0 Å². The summed E-state index contributed by atoms with van der Waals surface area (Å²) >= 11 is 0.842. The lowest BCUT2D eigenvalue weighted by molar-refractivity contribution is -0.123. The van der Waals surface area contributed by atoms with Crippen LogP contribution in [-0.2, 0) is 11.3 Å². The summed E-state index contributed by atoms with van der Waals surface area (Å²) in [5.41, 5.74) is 2.42. The maximum Gasteiger partial charge on any atom is 0.387 e. The van der Waals surface area contributed by atoms with Crippen LogP contribution >= 0.6 is 11.8 Å². The predicted octanol–water partition coefficient (Wildman–Crippen LogP) is 5.23. The highest BCUT2D eigenvalue weighted by Gasteiger charge is 2.35. The van der Waals surface area contributed by atoms with Crippen LogP contribution in [0.1, 0.15) is 23.6 Å². The summed E-state index contributed by atoms with van der Waals surface area (Å²) in [6.07, 6.45) is 1.54. The third-order valence-electron chi connectivity index (χ3n) is 4.24. The lowest BCUT2D eigenvalue weighted by atomic mass is 10.1. The quantitative estimate of drug-likeness (QED) is 0.575. The summed E-state index contributed by atoms with van der Waals surface area (Å²) in [6, 6.07) is 11.9. The number of aryl methyl sites for hydroxylation is 1. The molecule has 152 valence electrons. The summed E-state index contributed by atoms with van der Waals surface area (Å²) in [6.45, 7) is 1.12. The number of halogens is 2. The van der Waals surface area contributed by atoms with Gasteiger partial charge in [-0.1, -0.05) is 30.3 Å². The van der Waals surface area contributed by atoms with Gasteiger partial charge in [0.05, 0.1) is 18.1 Å². The van der Waals surface area contributed by atoms with Crippen LogP contribution in [0.25, 0.3) is 6.08 Å². The van der Waals surface area contributed by atoms with E-state index in [0.717, 1.165) is 22.9 Å². The van der Waals surface area contributed by atoms with Gasteiger partial charge in [0, 0.05) is 0 Å². The number of rotatable bonds is 7. The van der Waals surface area contributed by atoms with Crippen LogP contribution in [0.3, 0.4) is 0 Å². The van der Waals surface area contributed by atoms with Crippen molar-refractivity contribution in [2.75, 3.05) is 6.61 Å². The maximum atomic E-state index is 12.7. The molecule has 0 unspecified atom stereocenters. The monoisotopic (exact) mass is 419 g/mol. The first-order valence-electron chi connectivity index (χ1n) is 8.90. The molecule has 8 heteroatoms. The lowest BCUT2D eigenvalue weighted by Gasteiger charge is -2.14. The number of carbonyl (C=O) groups is 2. The van der Waals surface area contributed by atoms with Gasteiger partial charge in [-0.05, 0) is 60.5 Å². The normalized spacial score (nSPS) is 15.5. The summed E-state index contributed by atoms with van der Waals surface area (Å²) in [7, 11) is 0. The molecule has 5 nitrogen and oxygen atoms in total. The predicted molar refractivity (Wildman–Crippen MR) is 107 cm³/mol. The van der Waals surface area contributed by atoms with E-state index in [-0.39, 0.29) is 34.8 Å². The molecule has 1 saturated heterocycles. The molecule has 1 aliphatic rings. The van der Waals surface area contributed by atoms with E-state index in [1.54, 1.807) is 6.92 Å². The SMILES string of the molecule is CCOc1cc(/C=C2\SC(=O)N(Cc3ccccc3C)C2=O)ccc1OC(F)F. The number of thioether (sulfide) groups is 1. The van der Waals surface area contributed by atoms with E-state index in [1.165, 1.54) is 29.2 Å². The molecule has 0 radical (unpaired) electrons. The minimum Gasteiger partial charge on any atom is -0.490 e. The van der Waals surface area contributed by atoms with Gasteiger partial charge < -0.3 is 9.47 Å². The second-order valence-electron chi connectivity index (χ2n) is 6.21. The summed E-state index contributed by atoms with van der Waals surface area (Å²) < 4.78 is 34.9. The third kappa shape index (κ3) is 4.95. The fourth-order valence-electron chi connectivity index (χ4n) is 2.82. The van der Waals surface area contributed by atoms with Crippen LogP contribution in [0.5, 0.6) is 11.5 Å². The molecule has 0 N–H and O–H groups in total. The van der Waals surface area contributed by atoms with Crippen molar-refractivity contribution < 1.29 is 27.8 Å². The second kappa shape index (κ2) is 9.09. The van der Waals surface area contributed by atoms with Crippen molar-refractivity contribution in [3.8, 4) is 11.5 Å². The molecule has 0 spiro atoms. The molecule has 1 heterocycles. The highest BCUT2D eigenvalue weighted by Crippen LogP contribution is 2.36. The zero-order chi connectivity index (χ0) is 21.0. The number of nitrogens with zero attached hydrogens (tertiary/aromatic N) is 1. The molecule has 2 aromatic rings. The number of alkyl halides is 2. The van der Waals surface area contributed by atoms with Gasteiger partial charge in [0.2, 0.25) is 0 Å². The Morgan fingerprint density at radius 3 is 2.59 bits per heavy atom. The minimum absolute atomic E-state index is 0.0911. The van der Waals surface area contributed by atoms with Crippen LogP contribution in [0.2, 0.25) is 0 Å². The molecule has 2 amide bonds. The van der Waals surface area contributed by atoms with E-state index in [0.29, 0.717) is 5.56 Å². The molecule has 0 aliphatic carbocycles. The van der Waals surface area contributed by atoms with Crippen LogP contribution in [0, 0.1) is 6.92 Å². The van der Waals surface area contributed by atoms with Crippen molar-refractivity contribution in [1.29, 1.82) is 0 Å². The molecule has 2 aromatic carbocycles. The Morgan fingerprint density at radius 2 is 1.90 bits per heavy atom. The first-order chi connectivity index (χ1) is 13.9. The molecular formula is C21H19F2NO4S. The number of carbonyl (C=O) groups excluding carboxylic acids is 2. The Balaban J connectivity index is 1.83. The van der Waals surface area contributed by atoms with Crippen LogP contribution in [0.4, 0.5) is 13.6 Å². The highest BCUT2D eigenvalue weighted by molar-refractivity contribution is 8.18. The molecule has 1 aliphatic heterocycles. The summed E-state index contributed by atoms with van der Waals surface area (Å²) in [5.74, 6) is -0.346. The second-order valence-corrected chi connectivity index (χ2v) is 7.21. The molecule has 1 fully saturated rings. The maximum absolute atomic E-state index is 12.7. The molecule has 29 heavy (non-hydrogen) atoms. The summed E-state index contributed by atoms with van der Waals surface area (Å²) in [5, 5.41) is -0.354. The standard InChI is InChI=1S/C21H19F2NO4S/c1-3-27-17-10-14(8-9-16(17)28-20(22)23)11-18-19(25)24(21(26)29-18)12-15-7-5-4-6-13(15)2/h4-11,20H,3,12H2,1-2H3/b18-11-. The van der Waals surface area contributed by atoms with E-state index in [1.807, 2.05) is 31.2 Å². The topological polar surface area (TPSA) is 55.8 Å². The molecule has 3 rings (SSSR count). The van der Waals surface area contributed by atoms with Crippen molar-refractivity contribution in [3.63, 3.8) is 0 Å². The molecule has 0 saturated carbocycles. The smallest absolute Gasteiger partial charge is 0.387 e. The van der Waals surface area contributed by atoms with Crippen LogP contribution in [0.15, 0.2) is 47.4 Å². The third-order valence-corrected chi connectivity index (χ3v) is 5.15. The summed E-state index contributed by atoms with van der Waals surface area (Å²) in [4.78, 5) is 26.5. The first kappa shape index (κ1) is 20.9. The van der Waals surface area contributed by atoms with Gasteiger partial charge >= 0.3 is 6.61 Å². The van der Waals surface area contributed by atoms with Crippen molar-refractivity contribution in [2.45, 2.75) is 27.0 Å². The van der Waals surface area contributed by atoms with Crippen LogP contribution in [-0.4, -0.2) is 29.3 Å². The lowest BCUT2D eigenvalue weighted by Crippen LogP contribution is -2.27. The molecule has 0 aromatic heterocycles. The van der Waals surface area contributed by atoms with Gasteiger partial charge in [-0.2, -0.15) is 8.78 Å². The Labute approximate surface area is 171 Å². The van der Waals surface area contributed by atoms with Crippen molar-refractivity contribution in [2.24, 2.45) is 0 Å². The van der Waals surface area contributed by atoms with Gasteiger partial charge in [0.15, 0.2) is 11.5 Å². The van der Waals surface area contributed by atoms with E-state index >= 15 is 0 Å². The Bertz CT molecular complexity index is 961. The average Bonchev–Trinajstić information content (AvgIpc) is 2.93. The van der Waals surface area contributed by atoms with Crippen molar-refractivity contribution in [1.82, 2.24) is 4.90 Å². The Morgan fingerprint density at radius 1 is 1.14 bits per heavy atom. The van der Waals surface area contributed by atoms with Gasteiger partial charge in [-0.15, -0.1) is 0 Å². The van der Waals surface area contributed by atoms with Gasteiger partial charge in [0.1, 0.15) is 0 Å². The van der Waals surface area contributed by atoms with E-state index in [4.69, 9.17) is 4.74 Å². The van der Waals surface area contributed by atoms with Gasteiger partial charge in [0.25, 0.3) is 11.1 Å². The van der Waals surface area contributed by atoms with E-state index in [9.17, 15) is 18.4 Å². The number of benzene rings is 2. The fraction of sp³-hybridized carbons (Fsp3) is 0.238. The highest BCUT2D eigenvalue weighted by atomic mass is 32.2. The first-order valence-corrected chi connectivity index (χ1v) is 9.72. The minimum atomic E-state index is -2.97. The Hall–Kier alpha value is -2.87.